The highest BCUT2D eigenvalue weighted by atomic mass is 32.2. The molecule has 28 heavy (non-hydrogen) atoms. The SMILES string of the molecule is CCCCSNCCCCn1c(CCCC)nc2c(N)nc3ccccc3c21. The summed E-state index contributed by atoms with van der Waals surface area (Å²) in [7, 11) is 0. The van der Waals surface area contributed by atoms with Crippen LogP contribution in [0.25, 0.3) is 21.9 Å². The molecule has 0 amide bonds. The Morgan fingerprint density at radius 3 is 2.68 bits per heavy atom. The molecule has 3 rings (SSSR count). The van der Waals surface area contributed by atoms with E-state index in [2.05, 4.69) is 40.3 Å². The van der Waals surface area contributed by atoms with Gasteiger partial charge >= 0.3 is 0 Å². The summed E-state index contributed by atoms with van der Waals surface area (Å²) in [5.74, 6) is 2.88. The third-order valence-corrected chi connectivity index (χ3v) is 5.96. The summed E-state index contributed by atoms with van der Waals surface area (Å²) in [4.78, 5) is 9.48. The number of imidazole rings is 1. The zero-order valence-electron chi connectivity index (χ0n) is 17.2. The van der Waals surface area contributed by atoms with E-state index in [0.29, 0.717) is 5.82 Å². The van der Waals surface area contributed by atoms with Crippen molar-refractivity contribution in [3.63, 3.8) is 0 Å². The third-order valence-electron chi connectivity index (χ3n) is 5.06. The highest BCUT2D eigenvalue weighted by Gasteiger charge is 2.16. The van der Waals surface area contributed by atoms with Gasteiger partial charge in [0.2, 0.25) is 0 Å². The van der Waals surface area contributed by atoms with Crippen molar-refractivity contribution in [2.45, 2.75) is 65.3 Å². The fourth-order valence-electron chi connectivity index (χ4n) is 3.50. The van der Waals surface area contributed by atoms with Crippen LogP contribution in [0.15, 0.2) is 24.3 Å². The first kappa shape index (κ1) is 20.9. The predicted octanol–water partition coefficient (Wildman–Crippen LogP) is 5.33. The molecule has 1 aromatic carbocycles. The molecule has 2 heterocycles. The highest BCUT2D eigenvalue weighted by molar-refractivity contribution is 7.97. The van der Waals surface area contributed by atoms with Gasteiger partial charge in [-0.3, -0.25) is 4.72 Å². The molecule has 5 nitrogen and oxygen atoms in total. The van der Waals surface area contributed by atoms with Crippen molar-refractivity contribution >= 4 is 39.7 Å². The van der Waals surface area contributed by atoms with Crippen LogP contribution in [0.3, 0.4) is 0 Å². The van der Waals surface area contributed by atoms with Crippen LogP contribution in [0.1, 0.15) is 58.2 Å². The average molecular weight is 400 g/mol. The summed E-state index contributed by atoms with van der Waals surface area (Å²) >= 11 is 1.85. The number of nitrogens with two attached hydrogens (primary N) is 1. The number of rotatable bonds is 12. The Kier molecular flexibility index (Phi) is 7.98. The number of pyridine rings is 1. The highest BCUT2D eigenvalue weighted by Crippen LogP contribution is 2.29. The number of benzene rings is 1. The average Bonchev–Trinajstić information content (AvgIpc) is 3.08. The fourth-order valence-corrected chi connectivity index (χ4v) is 4.37. The molecule has 0 atom stereocenters. The number of unbranched alkanes of at least 4 members (excludes halogenated alkanes) is 3. The zero-order valence-corrected chi connectivity index (χ0v) is 18.0. The van der Waals surface area contributed by atoms with Gasteiger partial charge in [0.25, 0.3) is 0 Å². The van der Waals surface area contributed by atoms with Gasteiger partial charge in [0.1, 0.15) is 11.3 Å². The van der Waals surface area contributed by atoms with Crippen molar-refractivity contribution in [2.24, 2.45) is 0 Å². The number of aromatic nitrogens is 3. The topological polar surface area (TPSA) is 68.8 Å². The van der Waals surface area contributed by atoms with Gasteiger partial charge in [-0.25, -0.2) is 9.97 Å². The minimum absolute atomic E-state index is 0.541. The van der Waals surface area contributed by atoms with Crippen LogP contribution in [0.5, 0.6) is 0 Å². The van der Waals surface area contributed by atoms with E-state index in [1.54, 1.807) is 0 Å². The van der Waals surface area contributed by atoms with Crippen LogP contribution < -0.4 is 10.5 Å². The summed E-state index contributed by atoms with van der Waals surface area (Å²) in [6, 6.07) is 8.25. The monoisotopic (exact) mass is 399 g/mol. The number of nitrogen functional groups attached to an aromatic ring is 1. The van der Waals surface area contributed by atoms with E-state index in [1.165, 1.54) is 18.6 Å². The number of hydrogen-bond acceptors (Lipinski definition) is 5. The second kappa shape index (κ2) is 10.7. The van der Waals surface area contributed by atoms with E-state index >= 15 is 0 Å². The molecule has 0 fully saturated rings. The maximum atomic E-state index is 6.27. The summed E-state index contributed by atoms with van der Waals surface area (Å²) in [6.07, 6.45) is 8.12. The van der Waals surface area contributed by atoms with Gasteiger partial charge in [-0.2, -0.15) is 0 Å². The quantitative estimate of drug-likeness (QED) is 0.318. The van der Waals surface area contributed by atoms with Crippen LogP contribution in [-0.2, 0) is 13.0 Å². The second-order valence-electron chi connectivity index (χ2n) is 7.30. The lowest BCUT2D eigenvalue weighted by Crippen LogP contribution is -2.10. The lowest BCUT2D eigenvalue weighted by Gasteiger charge is -2.11. The van der Waals surface area contributed by atoms with Crippen molar-refractivity contribution in [3.05, 3.63) is 30.1 Å². The van der Waals surface area contributed by atoms with Crippen molar-refractivity contribution in [3.8, 4) is 0 Å². The van der Waals surface area contributed by atoms with Crippen LogP contribution >= 0.6 is 11.9 Å². The summed E-state index contributed by atoms with van der Waals surface area (Å²) in [6.45, 7) is 6.48. The third kappa shape index (κ3) is 4.97. The minimum Gasteiger partial charge on any atom is -0.382 e. The molecule has 0 saturated carbocycles. The molecule has 0 bridgehead atoms. The number of aryl methyl sites for hydroxylation is 2. The normalized spacial score (nSPS) is 11.6. The molecule has 0 spiro atoms. The fraction of sp³-hybridized carbons (Fsp3) is 0.545. The van der Waals surface area contributed by atoms with Crippen molar-refractivity contribution in [2.75, 3.05) is 18.0 Å². The van der Waals surface area contributed by atoms with Crippen molar-refractivity contribution < 1.29 is 0 Å². The van der Waals surface area contributed by atoms with Crippen LogP contribution in [0, 0.1) is 0 Å². The molecular weight excluding hydrogens is 366 g/mol. The van der Waals surface area contributed by atoms with Crippen molar-refractivity contribution in [1.82, 2.24) is 19.3 Å². The van der Waals surface area contributed by atoms with Crippen LogP contribution in [0.4, 0.5) is 5.82 Å². The smallest absolute Gasteiger partial charge is 0.152 e. The molecule has 2 aromatic heterocycles. The Balaban J connectivity index is 1.78. The molecule has 0 aliphatic rings. The summed E-state index contributed by atoms with van der Waals surface area (Å²) < 4.78 is 5.89. The van der Waals surface area contributed by atoms with E-state index in [0.717, 1.165) is 73.0 Å². The number of anilines is 1. The molecule has 0 unspecified atom stereocenters. The number of nitrogens with one attached hydrogen (secondary N) is 1. The van der Waals surface area contributed by atoms with E-state index in [9.17, 15) is 0 Å². The molecule has 0 saturated heterocycles. The van der Waals surface area contributed by atoms with E-state index in [-0.39, 0.29) is 0 Å². The number of nitrogens with zero attached hydrogens (tertiary/aromatic N) is 3. The van der Waals surface area contributed by atoms with E-state index in [1.807, 2.05) is 24.1 Å². The number of fused-ring (bicyclic) bond motifs is 3. The largest absolute Gasteiger partial charge is 0.382 e. The Hall–Kier alpha value is -1.79. The van der Waals surface area contributed by atoms with Crippen LogP contribution in [0.2, 0.25) is 0 Å². The molecule has 3 aromatic rings. The van der Waals surface area contributed by atoms with Gasteiger partial charge in [0, 0.05) is 30.6 Å². The van der Waals surface area contributed by atoms with Crippen molar-refractivity contribution in [1.29, 1.82) is 0 Å². The molecule has 0 radical (unpaired) electrons. The Morgan fingerprint density at radius 2 is 1.86 bits per heavy atom. The maximum absolute atomic E-state index is 6.27. The van der Waals surface area contributed by atoms with Crippen LogP contribution in [-0.4, -0.2) is 26.8 Å². The van der Waals surface area contributed by atoms with E-state index in [4.69, 9.17) is 10.7 Å². The number of hydrogen-bond donors (Lipinski definition) is 2. The standard InChI is InChI=1S/C22H33N5S/c1-3-5-13-19-26-20-21(17-11-7-8-12-18(17)25-22(20)23)27(19)15-10-9-14-24-28-16-6-4-2/h7-8,11-12,24H,3-6,9-10,13-16H2,1-2H3,(H2,23,25). The molecule has 0 aliphatic carbocycles. The molecular formula is C22H33N5S. The second-order valence-corrected chi connectivity index (χ2v) is 8.28. The molecule has 6 heteroatoms. The lowest BCUT2D eigenvalue weighted by atomic mass is 10.2. The first-order chi connectivity index (χ1) is 13.8. The maximum Gasteiger partial charge on any atom is 0.152 e. The predicted molar refractivity (Wildman–Crippen MR) is 123 cm³/mol. The Morgan fingerprint density at radius 1 is 1.04 bits per heavy atom. The molecule has 152 valence electrons. The summed E-state index contributed by atoms with van der Waals surface area (Å²) in [5.41, 5.74) is 9.23. The van der Waals surface area contributed by atoms with Gasteiger partial charge in [-0.05, 0) is 31.7 Å². The molecule has 0 aliphatic heterocycles. The van der Waals surface area contributed by atoms with Gasteiger partial charge in [-0.1, -0.05) is 56.8 Å². The van der Waals surface area contributed by atoms with E-state index < -0.39 is 0 Å². The lowest BCUT2D eigenvalue weighted by molar-refractivity contribution is 0.588. The number of para-hydroxylation sites is 1. The first-order valence-electron chi connectivity index (χ1n) is 10.6. The molecule has 3 N–H and O–H groups in total. The first-order valence-corrected chi connectivity index (χ1v) is 11.6. The van der Waals surface area contributed by atoms with Gasteiger partial charge in [0.15, 0.2) is 5.82 Å². The van der Waals surface area contributed by atoms with Gasteiger partial charge in [0.05, 0.1) is 11.0 Å². The minimum atomic E-state index is 0.541. The summed E-state index contributed by atoms with van der Waals surface area (Å²) in [5, 5.41) is 1.15. The Labute approximate surface area is 172 Å². The van der Waals surface area contributed by atoms with Gasteiger partial charge in [-0.15, -0.1) is 0 Å². The Bertz CT molecular complexity index is 889. The zero-order chi connectivity index (χ0) is 19.8. The van der Waals surface area contributed by atoms with Gasteiger partial charge < -0.3 is 10.3 Å².